The molecule has 1 unspecified atom stereocenters. The standard InChI is InChI=1S/C22H32N4O2.HI/c1-23-21(26-11-9-22(15-26)10-12-28-16-22)24-14-17-5-4-8-19(13-17)25-20(27)18-6-2-3-7-18;/h4-5,8,13,18H,2-3,6-7,9-12,14-16H2,1H3,(H,23,24)(H,25,27);1H. The minimum absolute atomic E-state index is 0. The molecule has 1 saturated carbocycles. The molecule has 1 aromatic rings. The summed E-state index contributed by atoms with van der Waals surface area (Å²) in [5.41, 5.74) is 2.35. The second-order valence-electron chi connectivity index (χ2n) is 8.55. The highest BCUT2D eigenvalue weighted by atomic mass is 127. The molecule has 2 saturated heterocycles. The van der Waals surface area contributed by atoms with Gasteiger partial charge in [0, 0.05) is 50.3 Å². The average Bonchev–Trinajstić information content (AvgIpc) is 3.46. The summed E-state index contributed by atoms with van der Waals surface area (Å²) in [6.45, 7) is 4.51. The van der Waals surface area contributed by atoms with Gasteiger partial charge in [0.2, 0.25) is 5.91 Å². The van der Waals surface area contributed by atoms with Gasteiger partial charge in [-0.05, 0) is 43.4 Å². The first-order chi connectivity index (χ1) is 13.7. The Morgan fingerprint density at radius 1 is 1.31 bits per heavy atom. The molecular weight excluding hydrogens is 479 g/mol. The zero-order chi connectivity index (χ0) is 19.4. The molecule has 0 bridgehead atoms. The van der Waals surface area contributed by atoms with E-state index in [0.717, 1.165) is 62.8 Å². The highest BCUT2D eigenvalue weighted by molar-refractivity contribution is 14.0. The SMILES string of the molecule is CN=C(NCc1cccc(NC(=O)C2CCCC2)c1)N1CCC2(CCOC2)C1.I. The molecule has 29 heavy (non-hydrogen) atoms. The van der Waals surface area contributed by atoms with Crippen LogP contribution >= 0.6 is 24.0 Å². The number of carbonyl (C=O) groups excluding carboxylic acids is 1. The zero-order valence-electron chi connectivity index (χ0n) is 17.3. The van der Waals surface area contributed by atoms with Gasteiger partial charge in [-0.25, -0.2) is 0 Å². The Morgan fingerprint density at radius 2 is 2.14 bits per heavy atom. The fourth-order valence-electron chi connectivity index (χ4n) is 4.79. The van der Waals surface area contributed by atoms with Gasteiger partial charge in [-0.15, -0.1) is 24.0 Å². The minimum Gasteiger partial charge on any atom is -0.381 e. The van der Waals surface area contributed by atoms with Gasteiger partial charge < -0.3 is 20.3 Å². The minimum atomic E-state index is 0. The third-order valence-corrected chi connectivity index (χ3v) is 6.51. The number of nitrogens with one attached hydrogen (secondary N) is 2. The molecular formula is C22H33IN4O2. The molecule has 0 aromatic heterocycles. The number of carbonyl (C=O) groups is 1. The van der Waals surface area contributed by atoms with Crippen molar-refractivity contribution in [3.63, 3.8) is 0 Å². The Bertz CT molecular complexity index is 727. The van der Waals surface area contributed by atoms with E-state index in [-0.39, 0.29) is 35.8 Å². The van der Waals surface area contributed by atoms with E-state index in [9.17, 15) is 4.79 Å². The van der Waals surface area contributed by atoms with Crippen molar-refractivity contribution < 1.29 is 9.53 Å². The Kier molecular flexibility index (Phi) is 7.79. The molecule has 160 valence electrons. The van der Waals surface area contributed by atoms with Gasteiger partial charge in [0.1, 0.15) is 0 Å². The maximum atomic E-state index is 12.4. The van der Waals surface area contributed by atoms with Crippen LogP contribution in [0.4, 0.5) is 5.69 Å². The number of amides is 1. The number of rotatable bonds is 4. The van der Waals surface area contributed by atoms with E-state index < -0.39 is 0 Å². The average molecular weight is 512 g/mol. The maximum absolute atomic E-state index is 12.4. The quantitative estimate of drug-likeness (QED) is 0.368. The number of benzene rings is 1. The number of ether oxygens (including phenoxy) is 1. The van der Waals surface area contributed by atoms with Crippen LogP contribution in [-0.4, -0.2) is 50.1 Å². The van der Waals surface area contributed by atoms with Gasteiger partial charge in [-0.3, -0.25) is 9.79 Å². The highest BCUT2D eigenvalue weighted by Crippen LogP contribution is 2.38. The molecule has 2 aliphatic heterocycles. The Labute approximate surface area is 190 Å². The van der Waals surface area contributed by atoms with E-state index in [1.165, 1.54) is 19.3 Å². The summed E-state index contributed by atoms with van der Waals surface area (Å²) in [6.07, 6.45) is 6.72. The first kappa shape index (κ1) is 22.3. The lowest BCUT2D eigenvalue weighted by atomic mass is 9.87. The topological polar surface area (TPSA) is 66.0 Å². The van der Waals surface area contributed by atoms with Crippen molar-refractivity contribution in [2.24, 2.45) is 16.3 Å². The van der Waals surface area contributed by atoms with Gasteiger partial charge in [-0.2, -0.15) is 0 Å². The van der Waals surface area contributed by atoms with Crippen LogP contribution in [-0.2, 0) is 16.1 Å². The first-order valence-electron chi connectivity index (χ1n) is 10.6. The van der Waals surface area contributed by atoms with Gasteiger partial charge in [0.15, 0.2) is 5.96 Å². The first-order valence-corrected chi connectivity index (χ1v) is 10.6. The maximum Gasteiger partial charge on any atom is 0.227 e. The number of aliphatic imine (C=N–C) groups is 1. The van der Waals surface area contributed by atoms with Crippen LogP contribution in [0.2, 0.25) is 0 Å². The fourth-order valence-corrected chi connectivity index (χ4v) is 4.79. The van der Waals surface area contributed by atoms with E-state index in [1.54, 1.807) is 0 Å². The van der Waals surface area contributed by atoms with Gasteiger partial charge in [0.05, 0.1) is 6.61 Å². The fraction of sp³-hybridized carbons (Fsp3) is 0.636. The number of likely N-dealkylation sites (tertiary alicyclic amines) is 1. The molecule has 2 N–H and O–H groups in total. The summed E-state index contributed by atoms with van der Waals surface area (Å²) in [5, 5.41) is 6.58. The molecule has 0 radical (unpaired) electrons. The molecule has 4 rings (SSSR count). The molecule has 7 heteroatoms. The zero-order valence-corrected chi connectivity index (χ0v) is 19.6. The molecule has 3 aliphatic rings. The highest BCUT2D eigenvalue weighted by Gasteiger charge is 2.42. The van der Waals surface area contributed by atoms with E-state index in [0.29, 0.717) is 12.0 Å². The van der Waals surface area contributed by atoms with Crippen molar-refractivity contribution in [2.75, 3.05) is 38.7 Å². The lowest BCUT2D eigenvalue weighted by Gasteiger charge is -2.25. The number of anilines is 1. The lowest BCUT2D eigenvalue weighted by Crippen LogP contribution is -2.41. The molecule has 6 nitrogen and oxygen atoms in total. The summed E-state index contributed by atoms with van der Waals surface area (Å²) in [4.78, 5) is 19.2. The Balaban J connectivity index is 0.00000240. The number of hydrogen-bond acceptors (Lipinski definition) is 3. The number of nitrogens with zero attached hydrogens (tertiary/aromatic N) is 2. The van der Waals surface area contributed by atoms with Crippen LogP contribution in [0.5, 0.6) is 0 Å². The normalized spacial score (nSPS) is 24.7. The van der Waals surface area contributed by atoms with Crippen molar-refractivity contribution in [1.29, 1.82) is 0 Å². The van der Waals surface area contributed by atoms with Crippen molar-refractivity contribution in [3.8, 4) is 0 Å². The third-order valence-electron chi connectivity index (χ3n) is 6.51. The van der Waals surface area contributed by atoms with Crippen LogP contribution < -0.4 is 10.6 Å². The van der Waals surface area contributed by atoms with Crippen molar-refractivity contribution >= 4 is 41.5 Å². The Morgan fingerprint density at radius 3 is 2.86 bits per heavy atom. The summed E-state index contributed by atoms with van der Waals surface area (Å²) in [6, 6.07) is 8.12. The number of hydrogen-bond donors (Lipinski definition) is 2. The molecule has 2 heterocycles. The van der Waals surface area contributed by atoms with E-state index in [1.807, 2.05) is 19.2 Å². The summed E-state index contributed by atoms with van der Waals surface area (Å²) < 4.78 is 5.63. The van der Waals surface area contributed by atoms with Crippen LogP contribution in [0.1, 0.15) is 44.1 Å². The predicted octanol–water partition coefficient (Wildman–Crippen LogP) is 3.62. The van der Waals surface area contributed by atoms with Gasteiger partial charge >= 0.3 is 0 Å². The van der Waals surface area contributed by atoms with E-state index >= 15 is 0 Å². The largest absolute Gasteiger partial charge is 0.381 e. The molecule has 1 aliphatic carbocycles. The van der Waals surface area contributed by atoms with Crippen LogP contribution in [0.15, 0.2) is 29.3 Å². The summed E-state index contributed by atoms with van der Waals surface area (Å²) in [7, 11) is 1.84. The third kappa shape index (κ3) is 5.42. The smallest absolute Gasteiger partial charge is 0.227 e. The van der Waals surface area contributed by atoms with Crippen LogP contribution in [0, 0.1) is 11.3 Å². The molecule has 1 amide bonds. The van der Waals surface area contributed by atoms with E-state index in [2.05, 4.69) is 32.7 Å². The number of guanidine groups is 1. The van der Waals surface area contributed by atoms with Crippen LogP contribution in [0.25, 0.3) is 0 Å². The molecule has 1 spiro atoms. The lowest BCUT2D eigenvalue weighted by molar-refractivity contribution is -0.119. The van der Waals surface area contributed by atoms with E-state index in [4.69, 9.17) is 4.74 Å². The monoisotopic (exact) mass is 512 g/mol. The Hall–Kier alpha value is -1.35. The molecule has 1 atom stereocenters. The van der Waals surface area contributed by atoms with Crippen LogP contribution in [0.3, 0.4) is 0 Å². The molecule has 3 fully saturated rings. The van der Waals surface area contributed by atoms with Crippen molar-refractivity contribution in [3.05, 3.63) is 29.8 Å². The number of halogens is 1. The second kappa shape index (κ2) is 10.1. The van der Waals surface area contributed by atoms with Crippen molar-refractivity contribution in [1.82, 2.24) is 10.2 Å². The van der Waals surface area contributed by atoms with Crippen molar-refractivity contribution in [2.45, 2.75) is 45.1 Å². The summed E-state index contributed by atoms with van der Waals surface area (Å²) >= 11 is 0. The predicted molar refractivity (Wildman–Crippen MR) is 127 cm³/mol. The van der Waals surface area contributed by atoms with Gasteiger partial charge in [0.25, 0.3) is 0 Å². The second-order valence-corrected chi connectivity index (χ2v) is 8.55. The summed E-state index contributed by atoms with van der Waals surface area (Å²) in [5.74, 6) is 1.30. The van der Waals surface area contributed by atoms with Gasteiger partial charge in [-0.1, -0.05) is 25.0 Å². The molecule has 1 aromatic carbocycles.